The summed E-state index contributed by atoms with van der Waals surface area (Å²) in [5.74, 6) is 0.541. The Labute approximate surface area is 139 Å². The van der Waals surface area contributed by atoms with E-state index in [1.54, 1.807) is 24.4 Å². The van der Waals surface area contributed by atoms with Gasteiger partial charge in [-0.05, 0) is 29.3 Å². The molecule has 0 unspecified atom stereocenters. The fourth-order valence-electron chi connectivity index (χ4n) is 2.25. The molecule has 3 rings (SSSR count). The zero-order valence-electron chi connectivity index (χ0n) is 12.3. The molecule has 0 aliphatic rings. The third-order valence-electron chi connectivity index (χ3n) is 3.42. The average molecular weight is 324 g/mol. The number of ether oxygens (including phenoxy) is 1. The van der Waals surface area contributed by atoms with Gasteiger partial charge in [-0.15, -0.1) is 0 Å². The Morgan fingerprint density at radius 2 is 1.87 bits per heavy atom. The highest BCUT2D eigenvalue weighted by Crippen LogP contribution is 2.26. The van der Waals surface area contributed by atoms with Crippen LogP contribution in [0.2, 0.25) is 5.02 Å². The van der Waals surface area contributed by atoms with Crippen LogP contribution in [-0.2, 0) is 6.61 Å². The first kappa shape index (κ1) is 15.3. The molecule has 0 atom stereocenters. The van der Waals surface area contributed by atoms with Crippen LogP contribution in [0.1, 0.15) is 15.9 Å². The Balaban J connectivity index is 1.76. The van der Waals surface area contributed by atoms with E-state index in [4.69, 9.17) is 16.3 Å². The van der Waals surface area contributed by atoms with Crippen LogP contribution in [0.5, 0.6) is 5.88 Å². The summed E-state index contributed by atoms with van der Waals surface area (Å²) in [6.07, 6.45) is 2.48. The van der Waals surface area contributed by atoms with Crippen molar-refractivity contribution < 1.29 is 9.53 Å². The number of aldehydes is 1. The molecular weight excluding hydrogens is 310 g/mol. The molecule has 3 aromatic rings. The first-order chi connectivity index (χ1) is 11.3. The van der Waals surface area contributed by atoms with E-state index in [9.17, 15) is 4.79 Å². The molecule has 0 N–H and O–H groups in total. The summed E-state index contributed by atoms with van der Waals surface area (Å²) in [6.45, 7) is 0.466. The van der Waals surface area contributed by atoms with E-state index in [-0.39, 0.29) is 0 Å². The molecule has 0 radical (unpaired) electrons. The fraction of sp³-hybridized carbons (Fsp3) is 0.0526. The van der Waals surface area contributed by atoms with Crippen LogP contribution < -0.4 is 4.74 Å². The van der Waals surface area contributed by atoms with Gasteiger partial charge in [-0.2, -0.15) is 0 Å². The quantitative estimate of drug-likeness (QED) is 0.633. The minimum atomic E-state index is 0.466. The van der Waals surface area contributed by atoms with Crippen LogP contribution in [0, 0.1) is 0 Å². The number of aromatic nitrogens is 1. The van der Waals surface area contributed by atoms with Crippen molar-refractivity contribution in [2.24, 2.45) is 0 Å². The van der Waals surface area contributed by atoms with Gasteiger partial charge in [0.1, 0.15) is 6.61 Å². The van der Waals surface area contributed by atoms with Crippen molar-refractivity contribution in [3.8, 4) is 17.0 Å². The molecule has 114 valence electrons. The highest BCUT2D eigenvalue weighted by Gasteiger charge is 2.06. The van der Waals surface area contributed by atoms with Gasteiger partial charge in [0.2, 0.25) is 5.88 Å². The Morgan fingerprint density at radius 1 is 1.04 bits per heavy atom. The van der Waals surface area contributed by atoms with Gasteiger partial charge >= 0.3 is 0 Å². The minimum Gasteiger partial charge on any atom is -0.473 e. The van der Waals surface area contributed by atoms with Gasteiger partial charge in [0, 0.05) is 28.4 Å². The third kappa shape index (κ3) is 3.76. The molecule has 0 saturated carbocycles. The molecule has 0 aliphatic carbocycles. The lowest BCUT2D eigenvalue weighted by Crippen LogP contribution is -1.97. The Morgan fingerprint density at radius 3 is 2.57 bits per heavy atom. The second kappa shape index (κ2) is 7.07. The van der Waals surface area contributed by atoms with Crippen LogP contribution in [0.3, 0.4) is 0 Å². The summed E-state index contributed by atoms with van der Waals surface area (Å²) in [4.78, 5) is 15.5. The molecule has 0 saturated heterocycles. The first-order valence-corrected chi connectivity index (χ1v) is 7.52. The summed E-state index contributed by atoms with van der Waals surface area (Å²) in [7, 11) is 0. The molecule has 23 heavy (non-hydrogen) atoms. The maximum absolute atomic E-state index is 11.2. The minimum absolute atomic E-state index is 0.466. The predicted octanol–water partition coefficient (Wildman–Crippen LogP) is 4.79. The van der Waals surface area contributed by atoms with Gasteiger partial charge in [-0.25, -0.2) is 4.98 Å². The maximum atomic E-state index is 11.2. The monoisotopic (exact) mass is 323 g/mol. The summed E-state index contributed by atoms with van der Waals surface area (Å²) in [5, 5.41) is 0.534. The number of carbonyl (C=O) groups excluding carboxylic acids is 1. The SMILES string of the molecule is O=Cc1cc(Cl)ccc1-c1ccc(OCc2ccccc2)nc1. The largest absolute Gasteiger partial charge is 0.473 e. The molecule has 3 nitrogen and oxygen atoms in total. The highest BCUT2D eigenvalue weighted by atomic mass is 35.5. The van der Waals surface area contributed by atoms with Gasteiger partial charge < -0.3 is 4.74 Å². The van der Waals surface area contributed by atoms with Crippen LogP contribution >= 0.6 is 11.6 Å². The topological polar surface area (TPSA) is 39.2 Å². The van der Waals surface area contributed by atoms with Gasteiger partial charge in [0.25, 0.3) is 0 Å². The number of rotatable bonds is 5. The number of pyridine rings is 1. The van der Waals surface area contributed by atoms with Crippen LogP contribution in [0.4, 0.5) is 0 Å². The summed E-state index contributed by atoms with van der Waals surface area (Å²) in [6, 6.07) is 18.8. The van der Waals surface area contributed by atoms with Crippen LogP contribution in [0.25, 0.3) is 11.1 Å². The van der Waals surface area contributed by atoms with E-state index >= 15 is 0 Å². The van der Waals surface area contributed by atoms with Crippen molar-refractivity contribution in [1.82, 2.24) is 4.98 Å². The van der Waals surface area contributed by atoms with Gasteiger partial charge in [0.15, 0.2) is 6.29 Å². The first-order valence-electron chi connectivity index (χ1n) is 7.14. The lowest BCUT2D eigenvalue weighted by atomic mass is 10.0. The van der Waals surface area contributed by atoms with Crippen molar-refractivity contribution in [2.45, 2.75) is 6.61 Å². The van der Waals surface area contributed by atoms with Crippen molar-refractivity contribution in [3.63, 3.8) is 0 Å². The number of carbonyl (C=O) groups is 1. The number of hydrogen-bond donors (Lipinski definition) is 0. The second-order valence-electron chi connectivity index (χ2n) is 5.01. The molecule has 0 amide bonds. The van der Waals surface area contributed by atoms with Gasteiger partial charge in [0.05, 0.1) is 0 Å². The van der Waals surface area contributed by atoms with Crippen molar-refractivity contribution in [2.75, 3.05) is 0 Å². The standard InChI is InChI=1S/C19H14ClNO2/c20-17-7-8-18(16(10-17)12-22)15-6-9-19(21-11-15)23-13-14-4-2-1-3-5-14/h1-12H,13H2. The number of nitrogens with zero attached hydrogens (tertiary/aromatic N) is 1. The molecule has 0 fully saturated rings. The zero-order valence-corrected chi connectivity index (χ0v) is 13.0. The van der Waals surface area contributed by atoms with Gasteiger partial charge in [-0.1, -0.05) is 48.0 Å². The number of benzene rings is 2. The normalized spacial score (nSPS) is 10.3. The molecule has 0 aliphatic heterocycles. The lowest BCUT2D eigenvalue weighted by Gasteiger charge is -2.08. The molecule has 1 aromatic heterocycles. The smallest absolute Gasteiger partial charge is 0.213 e. The molecule has 0 spiro atoms. The molecule has 4 heteroatoms. The molecular formula is C19H14ClNO2. The Bertz CT molecular complexity index is 801. The average Bonchev–Trinajstić information content (AvgIpc) is 2.61. The Kier molecular flexibility index (Phi) is 4.69. The van der Waals surface area contributed by atoms with Crippen molar-refractivity contribution in [3.05, 3.63) is 83.0 Å². The van der Waals surface area contributed by atoms with Crippen LogP contribution in [-0.4, -0.2) is 11.3 Å². The maximum Gasteiger partial charge on any atom is 0.213 e. The molecule has 1 heterocycles. The molecule has 0 bridgehead atoms. The van der Waals surface area contributed by atoms with E-state index in [2.05, 4.69) is 4.98 Å². The summed E-state index contributed by atoms with van der Waals surface area (Å²) < 4.78 is 5.66. The predicted molar refractivity (Wildman–Crippen MR) is 90.8 cm³/mol. The fourth-order valence-corrected chi connectivity index (χ4v) is 2.43. The van der Waals surface area contributed by atoms with E-state index in [0.29, 0.717) is 23.1 Å². The summed E-state index contributed by atoms with van der Waals surface area (Å²) in [5.41, 5.74) is 3.26. The number of halogens is 1. The lowest BCUT2D eigenvalue weighted by molar-refractivity contribution is 0.112. The summed E-state index contributed by atoms with van der Waals surface area (Å²) >= 11 is 5.91. The van der Waals surface area contributed by atoms with Crippen LogP contribution in [0.15, 0.2) is 66.9 Å². The van der Waals surface area contributed by atoms with Crippen molar-refractivity contribution in [1.29, 1.82) is 0 Å². The Hall–Kier alpha value is -2.65. The second-order valence-corrected chi connectivity index (χ2v) is 5.45. The third-order valence-corrected chi connectivity index (χ3v) is 3.65. The zero-order chi connectivity index (χ0) is 16.1. The van der Waals surface area contributed by atoms with E-state index in [0.717, 1.165) is 23.0 Å². The highest BCUT2D eigenvalue weighted by molar-refractivity contribution is 6.31. The van der Waals surface area contributed by atoms with E-state index < -0.39 is 0 Å². The number of hydrogen-bond acceptors (Lipinski definition) is 3. The van der Waals surface area contributed by atoms with Gasteiger partial charge in [-0.3, -0.25) is 4.79 Å². The van der Waals surface area contributed by atoms with Crippen molar-refractivity contribution >= 4 is 17.9 Å². The molecule has 2 aromatic carbocycles. The van der Waals surface area contributed by atoms with E-state index in [1.165, 1.54) is 0 Å². The van der Waals surface area contributed by atoms with E-state index in [1.807, 2.05) is 42.5 Å².